The van der Waals surface area contributed by atoms with Gasteiger partial charge >= 0.3 is 5.97 Å². The van der Waals surface area contributed by atoms with Crippen LogP contribution in [0.5, 0.6) is 5.75 Å². The van der Waals surface area contributed by atoms with E-state index in [1.807, 2.05) is 6.07 Å². The molecule has 80 valence electrons. The molecule has 15 heavy (non-hydrogen) atoms. The Morgan fingerprint density at radius 2 is 1.93 bits per heavy atom. The number of nitrogens with one attached hydrogen (secondary N) is 1. The number of rotatable bonds is 3. The second-order valence-corrected chi connectivity index (χ2v) is 3.11. The monoisotopic (exact) mass is 207 g/mol. The average molecular weight is 207 g/mol. The minimum Gasteiger partial charge on any atom is -0.426 e. The fraction of sp³-hybridized carbons (Fsp3) is 0.273. The molecule has 0 aliphatic heterocycles. The Morgan fingerprint density at radius 3 is 2.53 bits per heavy atom. The first-order valence-electron chi connectivity index (χ1n) is 4.60. The van der Waals surface area contributed by atoms with Crippen LogP contribution >= 0.6 is 0 Å². The number of amides is 1. The highest BCUT2D eigenvalue weighted by Crippen LogP contribution is 2.17. The van der Waals surface area contributed by atoms with Crippen LogP contribution in [-0.2, 0) is 16.1 Å². The Hall–Kier alpha value is -1.84. The third-order valence-corrected chi connectivity index (χ3v) is 1.75. The van der Waals surface area contributed by atoms with E-state index < -0.39 is 0 Å². The maximum Gasteiger partial charge on any atom is 0.308 e. The summed E-state index contributed by atoms with van der Waals surface area (Å²) in [5.74, 6) is -0.00310. The molecule has 1 aromatic rings. The fourth-order valence-corrected chi connectivity index (χ4v) is 1.12. The van der Waals surface area contributed by atoms with Crippen molar-refractivity contribution >= 4 is 11.9 Å². The molecular weight excluding hydrogens is 194 g/mol. The lowest BCUT2D eigenvalue weighted by Crippen LogP contribution is -2.19. The number of hydrogen-bond donors (Lipinski definition) is 1. The summed E-state index contributed by atoms with van der Waals surface area (Å²) in [5, 5.41) is 2.65. The lowest BCUT2D eigenvalue weighted by molar-refractivity contribution is -0.131. The molecule has 0 aromatic heterocycles. The van der Waals surface area contributed by atoms with Gasteiger partial charge in [-0.15, -0.1) is 0 Å². The maximum atomic E-state index is 10.8. The molecule has 4 heteroatoms. The normalized spacial score (nSPS) is 9.47. The third kappa shape index (κ3) is 3.81. The summed E-state index contributed by atoms with van der Waals surface area (Å²) in [6.45, 7) is 3.14. The smallest absolute Gasteiger partial charge is 0.308 e. The van der Waals surface area contributed by atoms with E-state index in [9.17, 15) is 9.59 Å². The first-order valence-corrected chi connectivity index (χ1v) is 4.60. The van der Waals surface area contributed by atoms with Gasteiger partial charge in [-0.3, -0.25) is 9.59 Å². The molecule has 1 N–H and O–H groups in total. The number of carbonyl (C=O) groups is 2. The Labute approximate surface area is 88.2 Å². The lowest BCUT2D eigenvalue weighted by Gasteiger charge is -2.08. The van der Waals surface area contributed by atoms with E-state index in [4.69, 9.17) is 4.74 Å². The molecule has 0 saturated carbocycles. The average Bonchev–Trinajstić information content (AvgIpc) is 2.15. The minimum absolute atomic E-state index is 0.118. The molecule has 0 radical (unpaired) electrons. The molecule has 0 unspecified atom stereocenters. The van der Waals surface area contributed by atoms with Crippen molar-refractivity contribution < 1.29 is 14.3 Å². The van der Waals surface area contributed by atoms with Gasteiger partial charge in [0.05, 0.1) is 0 Å². The summed E-state index contributed by atoms with van der Waals surface area (Å²) in [4.78, 5) is 21.5. The van der Waals surface area contributed by atoms with Crippen molar-refractivity contribution in [1.29, 1.82) is 0 Å². The van der Waals surface area contributed by atoms with Gasteiger partial charge in [0, 0.05) is 26.0 Å². The van der Waals surface area contributed by atoms with E-state index >= 15 is 0 Å². The number of hydrogen-bond acceptors (Lipinski definition) is 3. The summed E-state index contributed by atoms with van der Waals surface area (Å²) in [5.41, 5.74) is 0.780. The molecule has 1 aromatic carbocycles. The van der Waals surface area contributed by atoms with Crippen LogP contribution < -0.4 is 10.1 Å². The van der Waals surface area contributed by atoms with Crippen molar-refractivity contribution in [2.24, 2.45) is 0 Å². The van der Waals surface area contributed by atoms with E-state index in [1.54, 1.807) is 18.2 Å². The first kappa shape index (κ1) is 11.2. The van der Waals surface area contributed by atoms with Crippen LogP contribution in [-0.4, -0.2) is 11.9 Å². The van der Waals surface area contributed by atoms with Crippen molar-refractivity contribution in [2.75, 3.05) is 0 Å². The highest BCUT2D eigenvalue weighted by atomic mass is 16.5. The molecule has 4 nitrogen and oxygen atoms in total. The highest BCUT2D eigenvalue weighted by molar-refractivity contribution is 5.73. The summed E-state index contributed by atoms with van der Waals surface area (Å²) in [6.07, 6.45) is 0. The van der Waals surface area contributed by atoms with E-state index in [0.717, 1.165) is 5.56 Å². The molecule has 0 bridgehead atoms. The zero-order valence-electron chi connectivity index (χ0n) is 8.74. The molecule has 0 atom stereocenters. The van der Waals surface area contributed by atoms with Crippen LogP contribution in [0.2, 0.25) is 0 Å². The van der Waals surface area contributed by atoms with Crippen LogP contribution in [0.15, 0.2) is 24.3 Å². The van der Waals surface area contributed by atoms with Crippen LogP contribution in [0, 0.1) is 0 Å². The highest BCUT2D eigenvalue weighted by Gasteiger charge is 2.05. The van der Waals surface area contributed by atoms with Gasteiger partial charge in [0.1, 0.15) is 5.75 Å². The van der Waals surface area contributed by atoms with E-state index in [2.05, 4.69) is 5.32 Å². The van der Waals surface area contributed by atoms with Crippen LogP contribution in [0.25, 0.3) is 0 Å². The molecule has 0 saturated heterocycles. The fourth-order valence-electron chi connectivity index (χ4n) is 1.12. The Balaban J connectivity index is 2.76. The molecule has 1 rings (SSSR count). The third-order valence-electron chi connectivity index (χ3n) is 1.75. The number of para-hydroxylation sites is 1. The molecule has 0 heterocycles. The van der Waals surface area contributed by atoms with Crippen molar-refractivity contribution in [1.82, 2.24) is 5.32 Å². The maximum absolute atomic E-state index is 10.8. The van der Waals surface area contributed by atoms with Crippen molar-refractivity contribution in [3.8, 4) is 5.75 Å². The van der Waals surface area contributed by atoms with E-state index in [0.29, 0.717) is 12.3 Å². The van der Waals surface area contributed by atoms with Gasteiger partial charge < -0.3 is 10.1 Å². The zero-order valence-corrected chi connectivity index (χ0v) is 8.74. The van der Waals surface area contributed by atoms with Gasteiger partial charge in [0.15, 0.2) is 0 Å². The minimum atomic E-state index is -0.370. The summed E-state index contributed by atoms with van der Waals surface area (Å²) < 4.78 is 4.99. The standard InChI is InChI=1S/C11H13NO3/c1-8(13)12-7-10-5-3-4-6-11(10)15-9(2)14/h3-6H,7H2,1-2H3,(H,12,13). The van der Waals surface area contributed by atoms with Gasteiger partial charge in [0.2, 0.25) is 5.91 Å². The van der Waals surface area contributed by atoms with Gasteiger partial charge in [-0.1, -0.05) is 18.2 Å². The predicted molar refractivity (Wildman–Crippen MR) is 55.3 cm³/mol. The van der Waals surface area contributed by atoms with Crippen molar-refractivity contribution in [3.63, 3.8) is 0 Å². The number of esters is 1. The molecule has 0 aliphatic rings. The molecular formula is C11H13NO3. The van der Waals surface area contributed by atoms with Gasteiger partial charge in [-0.25, -0.2) is 0 Å². The Kier molecular flexibility index (Phi) is 3.85. The second kappa shape index (κ2) is 5.14. The second-order valence-electron chi connectivity index (χ2n) is 3.11. The number of carbonyl (C=O) groups excluding carboxylic acids is 2. The Bertz CT molecular complexity index is 374. The van der Waals surface area contributed by atoms with Crippen molar-refractivity contribution in [3.05, 3.63) is 29.8 Å². The van der Waals surface area contributed by atoms with Crippen LogP contribution in [0.4, 0.5) is 0 Å². The van der Waals surface area contributed by atoms with E-state index in [1.165, 1.54) is 13.8 Å². The van der Waals surface area contributed by atoms with Crippen LogP contribution in [0.1, 0.15) is 19.4 Å². The number of ether oxygens (including phenoxy) is 1. The summed E-state index contributed by atoms with van der Waals surface area (Å²) in [7, 11) is 0. The SMILES string of the molecule is CC(=O)NCc1ccccc1OC(C)=O. The summed E-state index contributed by atoms with van der Waals surface area (Å²) in [6, 6.07) is 7.09. The van der Waals surface area contributed by atoms with Crippen LogP contribution in [0.3, 0.4) is 0 Å². The largest absolute Gasteiger partial charge is 0.426 e. The first-order chi connectivity index (χ1) is 7.09. The number of benzene rings is 1. The predicted octanol–water partition coefficient (Wildman–Crippen LogP) is 1.25. The zero-order chi connectivity index (χ0) is 11.3. The molecule has 0 aliphatic carbocycles. The summed E-state index contributed by atoms with van der Waals surface area (Å²) >= 11 is 0. The van der Waals surface area contributed by atoms with Gasteiger partial charge in [0.25, 0.3) is 0 Å². The lowest BCUT2D eigenvalue weighted by atomic mass is 10.2. The Morgan fingerprint density at radius 1 is 1.27 bits per heavy atom. The molecule has 1 amide bonds. The topological polar surface area (TPSA) is 55.4 Å². The van der Waals surface area contributed by atoms with Gasteiger partial charge in [-0.2, -0.15) is 0 Å². The van der Waals surface area contributed by atoms with Crippen molar-refractivity contribution in [2.45, 2.75) is 20.4 Å². The molecule has 0 spiro atoms. The molecule has 0 fully saturated rings. The quantitative estimate of drug-likeness (QED) is 0.599. The van der Waals surface area contributed by atoms with E-state index in [-0.39, 0.29) is 11.9 Å². The van der Waals surface area contributed by atoms with Gasteiger partial charge in [-0.05, 0) is 6.07 Å².